The number of halogens is 1. The molecular formula is C14H22IN3. The molecule has 4 heteroatoms. The second-order valence-corrected chi connectivity index (χ2v) is 5.06. The van der Waals surface area contributed by atoms with Gasteiger partial charge < -0.3 is 11.1 Å². The molecule has 1 aliphatic carbocycles. The third kappa shape index (κ3) is 3.60. The lowest BCUT2D eigenvalue weighted by atomic mass is 9.82. The molecule has 0 spiro atoms. The summed E-state index contributed by atoms with van der Waals surface area (Å²) in [5.74, 6) is 1.21. The van der Waals surface area contributed by atoms with Crippen LogP contribution in [0.1, 0.15) is 30.9 Å². The van der Waals surface area contributed by atoms with Gasteiger partial charge in [-0.3, -0.25) is 0 Å². The molecule has 0 amide bonds. The summed E-state index contributed by atoms with van der Waals surface area (Å²) in [5.41, 5.74) is 9.47. The molecule has 2 unspecified atom stereocenters. The number of aryl methyl sites for hydroxylation is 2. The maximum absolute atomic E-state index is 5.91. The number of aliphatic imine (C=N–C) groups is 1. The van der Waals surface area contributed by atoms with Gasteiger partial charge in [0.05, 0.1) is 6.04 Å². The molecule has 1 aromatic rings. The van der Waals surface area contributed by atoms with Crippen LogP contribution in [0.3, 0.4) is 0 Å². The third-order valence-electron chi connectivity index (χ3n) is 3.66. The molecule has 3 N–H and O–H groups in total. The molecule has 0 saturated heterocycles. The Kier molecular flexibility index (Phi) is 5.44. The van der Waals surface area contributed by atoms with Gasteiger partial charge in [-0.2, -0.15) is 0 Å². The lowest BCUT2D eigenvalue weighted by Crippen LogP contribution is -2.32. The molecule has 1 aromatic carbocycles. The SMILES string of the molecule is Cc1ccc(NC(N)=NC2CCC2C)cc1C.I. The van der Waals surface area contributed by atoms with E-state index in [-0.39, 0.29) is 24.0 Å². The van der Waals surface area contributed by atoms with E-state index in [4.69, 9.17) is 5.73 Å². The minimum atomic E-state index is 0. The van der Waals surface area contributed by atoms with Crippen molar-refractivity contribution in [2.45, 2.75) is 39.7 Å². The highest BCUT2D eigenvalue weighted by atomic mass is 127. The summed E-state index contributed by atoms with van der Waals surface area (Å²) in [6, 6.07) is 6.64. The minimum absolute atomic E-state index is 0. The number of rotatable bonds is 2. The van der Waals surface area contributed by atoms with E-state index in [0.29, 0.717) is 17.9 Å². The predicted molar refractivity (Wildman–Crippen MR) is 88.8 cm³/mol. The lowest BCUT2D eigenvalue weighted by Gasteiger charge is -2.30. The largest absolute Gasteiger partial charge is 0.370 e. The van der Waals surface area contributed by atoms with Crippen LogP contribution in [0.4, 0.5) is 5.69 Å². The van der Waals surface area contributed by atoms with Gasteiger partial charge in [0, 0.05) is 5.69 Å². The Hall–Kier alpha value is -0.780. The summed E-state index contributed by atoms with van der Waals surface area (Å²) in [7, 11) is 0. The van der Waals surface area contributed by atoms with Crippen molar-refractivity contribution in [3.63, 3.8) is 0 Å². The zero-order chi connectivity index (χ0) is 12.4. The summed E-state index contributed by atoms with van der Waals surface area (Å²) >= 11 is 0. The maximum Gasteiger partial charge on any atom is 0.193 e. The summed E-state index contributed by atoms with van der Waals surface area (Å²) in [4.78, 5) is 4.49. The van der Waals surface area contributed by atoms with E-state index in [1.165, 1.54) is 17.5 Å². The van der Waals surface area contributed by atoms with Crippen LogP contribution in [0.25, 0.3) is 0 Å². The van der Waals surface area contributed by atoms with Gasteiger partial charge in [0.1, 0.15) is 0 Å². The molecule has 3 nitrogen and oxygen atoms in total. The first kappa shape index (κ1) is 15.3. The quantitative estimate of drug-likeness (QED) is 0.483. The van der Waals surface area contributed by atoms with E-state index < -0.39 is 0 Å². The van der Waals surface area contributed by atoms with Crippen molar-refractivity contribution < 1.29 is 0 Å². The number of benzene rings is 1. The van der Waals surface area contributed by atoms with Crippen LogP contribution in [-0.4, -0.2) is 12.0 Å². The Morgan fingerprint density at radius 1 is 1.28 bits per heavy atom. The molecule has 0 aliphatic heterocycles. The van der Waals surface area contributed by atoms with Gasteiger partial charge in [0.2, 0.25) is 0 Å². The fraction of sp³-hybridized carbons (Fsp3) is 0.500. The first-order valence-corrected chi connectivity index (χ1v) is 6.24. The van der Waals surface area contributed by atoms with Gasteiger partial charge in [-0.05, 0) is 55.9 Å². The van der Waals surface area contributed by atoms with Crippen LogP contribution in [0, 0.1) is 19.8 Å². The first-order chi connectivity index (χ1) is 8.06. The van der Waals surface area contributed by atoms with Crippen LogP contribution in [0.15, 0.2) is 23.2 Å². The molecule has 2 atom stereocenters. The molecule has 0 radical (unpaired) electrons. The van der Waals surface area contributed by atoms with E-state index in [9.17, 15) is 0 Å². The van der Waals surface area contributed by atoms with Gasteiger partial charge in [-0.15, -0.1) is 24.0 Å². The summed E-state index contributed by atoms with van der Waals surface area (Å²) < 4.78 is 0. The number of anilines is 1. The molecule has 18 heavy (non-hydrogen) atoms. The highest BCUT2D eigenvalue weighted by Gasteiger charge is 2.26. The number of hydrogen-bond acceptors (Lipinski definition) is 1. The second kappa shape index (κ2) is 6.41. The highest BCUT2D eigenvalue weighted by Crippen LogP contribution is 2.29. The van der Waals surface area contributed by atoms with Crippen LogP contribution in [0.2, 0.25) is 0 Å². The Labute approximate surface area is 126 Å². The first-order valence-electron chi connectivity index (χ1n) is 6.24. The minimum Gasteiger partial charge on any atom is -0.370 e. The van der Waals surface area contributed by atoms with Crippen molar-refractivity contribution in [3.8, 4) is 0 Å². The molecule has 0 heterocycles. The third-order valence-corrected chi connectivity index (χ3v) is 3.66. The average Bonchev–Trinajstić information content (AvgIpc) is 2.29. The number of guanidine groups is 1. The molecule has 1 aliphatic rings. The van der Waals surface area contributed by atoms with Crippen molar-refractivity contribution in [1.82, 2.24) is 0 Å². The summed E-state index contributed by atoms with van der Waals surface area (Å²) in [5, 5.41) is 3.16. The number of nitrogens with zero attached hydrogens (tertiary/aromatic N) is 1. The number of nitrogens with two attached hydrogens (primary N) is 1. The van der Waals surface area contributed by atoms with Crippen LogP contribution in [0.5, 0.6) is 0 Å². The van der Waals surface area contributed by atoms with E-state index in [1.807, 2.05) is 6.07 Å². The fourth-order valence-electron chi connectivity index (χ4n) is 2.02. The van der Waals surface area contributed by atoms with Crippen molar-refractivity contribution in [3.05, 3.63) is 29.3 Å². The van der Waals surface area contributed by atoms with Crippen LogP contribution >= 0.6 is 24.0 Å². The zero-order valence-electron chi connectivity index (χ0n) is 11.2. The van der Waals surface area contributed by atoms with Crippen molar-refractivity contribution in [2.75, 3.05) is 5.32 Å². The topological polar surface area (TPSA) is 50.4 Å². The zero-order valence-corrected chi connectivity index (χ0v) is 13.6. The number of hydrogen-bond donors (Lipinski definition) is 2. The van der Waals surface area contributed by atoms with Crippen LogP contribution in [-0.2, 0) is 0 Å². The summed E-state index contributed by atoms with van der Waals surface area (Å²) in [6.45, 7) is 6.43. The Morgan fingerprint density at radius 3 is 2.50 bits per heavy atom. The molecular weight excluding hydrogens is 337 g/mol. The normalized spacial score (nSPS) is 22.9. The van der Waals surface area contributed by atoms with Gasteiger partial charge in [-0.1, -0.05) is 13.0 Å². The molecule has 100 valence electrons. The Bertz CT molecular complexity index is 443. The standard InChI is InChI=1S/C14H21N3.HI/c1-9-4-6-12(8-11(9)3)16-14(15)17-13-7-5-10(13)2;/h4,6,8,10,13H,5,7H2,1-3H3,(H3,15,16,17);1H. The predicted octanol–water partition coefficient (Wildman–Crippen LogP) is 3.45. The molecule has 1 fully saturated rings. The molecule has 1 saturated carbocycles. The van der Waals surface area contributed by atoms with Gasteiger partial charge in [0.15, 0.2) is 5.96 Å². The van der Waals surface area contributed by atoms with E-state index in [0.717, 1.165) is 12.1 Å². The van der Waals surface area contributed by atoms with E-state index in [1.54, 1.807) is 0 Å². The highest BCUT2D eigenvalue weighted by molar-refractivity contribution is 14.0. The summed E-state index contributed by atoms with van der Waals surface area (Å²) in [6.07, 6.45) is 2.43. The van der Waals surface area contributed by atoms with E-state index >= 15 is 0 Å². The fourth-order valence-corrected chi connectivity index (χ4v) is 2.02. The Balaban J connectivity index is 0.00000162. The van der Waals surface area contributed by atoms with Crippen molar-refractivity contribution >= 4 is 35.6 Å². The van der Waals surface area contributed by atoms with Gasteiger partial charge >= 0.3 is 0 Å². The molecule has 0 bridgehead atoms. The van der Waals surface area contributed by atoms with Gasteiger partial charge in [0.25, 0.3) is 0 Å². The maximum atomic E-state index is 5.91. The van der Waals surface area contributed by atoms with Crippen molar-refractivity contribution in [1.29, 1.82) is 0 Å². The Morgan fingerprint density at radius 2 is 2.00 bits per heavy atom. The van der Waals surface area contributed by atoms with Crippen LogP contribution < -0.4 is 11.1 Å². The van der Waals surface area contributed by atoms with Crippen molar-refractivity contribution in [2.24, 2.45) is 16.6 Å². The van der Waals surface area contributed by atoms with Gasteiger partial charge in [-0.25, -0.2) is 4.99 Å². The molecule has 2 rings (SSSR count). The molecule has 0 aromatic heterocycles. The average molecular weight is 359 g/mol. The monoisotopic (exact) mass is 359 g/mol. The lowest BCUT2D eigenvalue weighted by molar-refractivity contribution is 0.284. The van der Waals surface area contributed by atoms with E-state index in [2.05, 4.69) is 43.2 Å². The second-order valence-electron chi connectivity index (χ2n) is 5.06. The number of nitrogens with one attached hydrogen (secondary N) is 1. The smallest absolute Gasteiger partial charge is 0.193 e.